The van der Waals surface area contributed by atoms with E-state index in [0.29, 0.717) is 27.1 Å². The number of rotatable bonds is 5. The van der Waals surface area contributed by atoms with E-state index in [0.717, 1.165) is 0 Å². The second-order valence-electron chi connectivity index (χ2n) is 4.47. The lowest BCUT2D eigenvalue weighted by atomic mass is 10.2. The summed E-state index contributed by atoms with van der Waals surface area (Å²) in [5.74, 6) is 0.304. The fraction of sp³-hybridized carbons (Fsp3) is 0.0588. The SMILES string of the molecule is C=CCNC(=O)/C(C#N)=C/c1ccc(-c2c(Cl)cccc2Cl)o1. The molecule has 116 valence electrons. The Balaban J connectivity index is 2.32. The maximum atomic E-state index is 11.8. The Hall–Kier alpha value is -2.48. The van der Waals surface area contributed by atoms with Gasteiger partial charge in [-0.2, -0.15) is 5.26 Å². The first-order valence-corrected chi connectivity index (χ1v) is 7.37. The third-order valence-electron chi connectivity index (χ3n) is 2.89. The number of hydrogen-bond donors (Lipinski definition) is 1. The van der Waals surface area contributed by atoms with E-state index in [1.165, 1.54) is 12.2 Å². The smallest absolute Gasteiger partial charge is 0.262 e. The van der Waals surface area contributed by atoms with Crippen molar-refractivity contribution in [1.29, 1.82) is 5.26 Å². The molecule has 0 saturated heterocycles. The number of furan rings is 1. The molecule has 6 heteroatoms. The molecule has 0 fully saturated rings. The average Bonchev–Trinajstić information content (AvgIpc) is 2.98. The summed E-state index contributed by atoms with van der Waals surface area (Å²) in [7, 11) is 0. The van der Waals surface area contributed by atoms with Crippen LogP contribution in [0.1, 0.15) is 5.76 Å². The van der Waals surface area contributed by atoms with Gasteiger partial charge in [-0.3, -0.25) is 4.79 Å². The number of benzene rings is 1. The minimum atomic E-state index is -0.499. The second-order valence-corrected chi connectivity index (χ2v) is 5.28. The Kier molecular flexibility index (Phi) is 5.64. The molecule has 23 heavy (non-hydrogen) atoms. The van der Waals surface area contributed by atoms with E-state index in [9.17, 15) is 4.79 Å². The van der Waals surface area contributed by atoms with Crippen molar-refractivity contribution >= 4 is 35.2 Å². The highest BCUT2D eigenvalue weighted by Gasteiger charge is 2.13. The van der Waals surface area contributed by atoms with Gasteiger partial charge < -0.3 is 9.73 Å². The summed E-state index contributed by atoms with van der Waals surface area (Å²) >= 11 is 12.3. The van der Waals surface area contributed by atoms with Gasteiger partial charge in [-0.15, -0.1) is 6.58 Å². The van der Waals surface area contributed by atoms with Gasteiger partial charge in [0.15, 0.2) is 0 Å². The minimum Gasteiger partial charge on any atom is -0.457 e. The highest BCUT2D eigenvalue weighted by Crippen LogP contribution is 2.35. The number of hydrogen-bond acceptors (Lipinski definition) is 3. The van der Waals surface area contributed by atoms with Crippen LogP contribution < -0.4 is 5.32 Å². The van der Waals surface area contributed by atoms with Gasteiger partial charge in [0.2, 0.25) is 0 Å². The van der Waals surface area contributed by atoms with E-state index in [-0.39, 0.29) is 12.1 Å². The molecule has 2 rings (SSSR count). The van der Waals surface area contributed by atoms with Gasteiger partial charge in [0.1, 0.15) is 23.2 Å². The highest BCUT2D eigenvalue weighted by atomic mass is 35.5. The normalized spacial score (nSPS) is 10.9. The standard InChI is InChI=1S/C17H12Cl2N2O2/c1-2-8-21-17(22)11(10-20)9-12-6-7-15(23-12)16-13(18)4-3-5-14(16)19/h2-7,9H,1,8H2,(H,21,22)/b11-9+. The fourth-order valence-corrected chi connectivity index (χ4v) is 2.43. The third kappa shape index (κ3) is 4.04. The van der Waals surface area contributed by atoms with Crippen LogP contribution in [0.3, 0.4) is 0 Å². The molecule has 0 saturated carbocycles. The third-order valence-corrected chi connectivity index (χ3v) is 3.52. The van der Waals surface area contributed by atoms with Crippen LogP contribution >= 0.6 is 23.2 Å². The molecule has 0 unspecified atom stereocenters. The molecule has 1 heterocycles. The molecule has 0 radical (unpaired) electrons. The van der Waals surface area contributed by atoms with Crippen LogP contribution in [0.2, 0.25) is 10.0 Å². The van der Waals surface area contributed by atoms with Crippen LogP contribution in [-0.2, 0) is 4.79 Å². The summed E-state index contributed by atoms with van der Waals surface area (Å²) in [4.78, 5) is 11.8. The summed E-state index contributed by atoms with van der Waals surface area (Å²) in [5, 5.41) is 12.5. The molecule has 4 nitrogen and oxygen atoms in total. The highest BCUT2D eigenvalue weighted by molar-refractivity contribution is 6.39. The molecule has 0 aliphatic rings. The summed E-state index contributed by atoms with van der Waals surface area (Å²) in [6, 6.07) is 10.3. The van der Waals surface area contributed by atoms with E-state index in [1.54, 1.807) is 30.3 Å². The summed E-state index contributed by atoms with van der Waals surface area (Å²) in [6.07, 6.45) is 2.88. The number of carbonyl (C=O) groups is 1. The maximum Gasteiger partial charge on any atom is 0.262 e. The van der Waals surface area contributed by atoms with Crippen LogP contribution in [0, 0.1) is 11.3 Å². The maximum absolute atomic E-state index is 11.8. The van der Waals surface area contributed by atoms with E-state index in [2.05, 4.69) is 11.9 Å². The predicted molar refractivity (Wildman–Crippen MR) is 91.0 cm³/mol. The second kappa shape index (κ2) is 7.68. The van der Waals surface area contributed by atoms with Gasteiger partial charge in [0.25, 0.3) is 5.91 Å². The number of carbonyl (C=O) groups excluding carboxylic acids is 1. The predicted octanol–water partition coefficient (Wildman–Crippen LogP) is 4.46. The van der Waals surface area contributed by atoms with Crippen molar-refractivity contribution in [2.24, 2.45) is 0 Å². The van der Waals surface area contributed by atoms with Gasteiger partial charge >= 0.3 is 0 Å². The monoisotopic (exact) mass is 346 g/mol. The molecule has 1 aromatic carbocycles. The Labute approximate surface area is 143 Å². The molecule has 0 aliphatic carbocycles. The Morgan fingerprint density at radius 2 is 2.00 bits per heavy atom. The van der Waals surface area contributed by atoms with Crippen molar-refractivity contribution in [3.63, 3.8) is 0 Å². The van der Waals surface area contributed by atoms with Crippen LogP contribution in [0.4, 0.5) is 0 Å². The average molecular weight is 347 g/mol. The van der Waals surface area contributed by atoms with Crippen molar-refractivity contribution in [3.8, 4) is 17.4 Å². The van der Waals surface area contributed by atoms with E-state index in [1.807, 2.05) is 6.07 Å². The summed E-state index contributed by atoms with van der Waals surface area (Å²) in [6.45, 7) is 3.77. The van der Waals surface area contributed by atoms with Crippen LogP contribution in [0.25, 0.3) is 17.4 Å². The van der Waals surface area contributed by atoms with Crippen molar-refractivity contribution in [2.75, 3.05) is 6.54 Å². The zero-order chi connectivity index (χ0) is 16.8. The van der Waals surface area contributed by atoms with Gasteiger partial charge in [-0.1, -0.05) is 35.3 Å². The molecule has 0 aliphatic heterocycles. The first-order valence-electron chi connectivity index (χ1n) is 6.62. The number of halogens is 2. The number of nitriles is 1. The first-order chi connectivity index (χ1) is 11.1. The van der Waals surface area contributed by atoms with Crippen LogP contribution in [-0.4, -0.2) is 12.5 Å². The van der Waals surface area contributed by atoms with Crippen molar-refractivity contribution < 1.29 is 9.21 Å². The Morgan fingerprint density at radius 3 is 2.61 bits per heavy atom. The van der Waals surface area contributed by atoms with Crippen LogP contribution in [0.5, 0.6) is 0 Å². The molecule has 0 atom stereocenters. The molecular weight excluding hydrogens is 335 g/mol. The zero-order valence-corrected chi connectivity index (χ0v) is 13.5. The van der Waals surface area contributed by atoms with E-state index in [4.69, 9.17) is 32.9 Å². The molecule has 0 bridgehead atoms. The lowest BCUT2D eigenvalue weighted by Crippen LogP contribution is -2.24. The molecule has 2 aromatic rings. The topological polar surface area (TPSA) is 66.0 Å². The molecule has 0 spiro atoms. The van der Waals surface area contributed by atoms with Gasteiger partial charge in [-0.05, 0) is 24.3 Å². The summed E-state index contributed by atoms with van der Waals surface area (Å²) < 4.78 is 5.62. The van der Waals surface area contributed by atoms with Crippen LogP contribution in [0.15, 0.2) is 53.0 Å². The quantitative estimate of drug-likeness (QED) is 0.493. The fourth-order valence-electron chi connectivity index (χ4n) is 1.85. The first kappa shape index (κ1) is 16.9. The number of nitrogens with zero attached hydrogens (tertiary/aromatic N) is 1. The van der Waals surface area contributed by atoms with Gasteiger partial charge in [0, 0.05) is 12.6 Å². The molecule has 1 aromatic heterocycles. The van der Waals surface area contributed by atoms with Crippen molar-refractivity contribution in [1.82, 2.24) is 5.32 Å². The van der Waals surface area contributed by atoms with E-state index < -0.39 is 5.91 Å². The molecule has 1 amide bonds. The van der Waals surface area contributed by atoms with Crippen molar-refractivity contribution in [3.05, 3.63) is 64.4 Å². The number of amides is 1. The lowest BCUT2D eigenvalue weighted by molar-refractivity contribution is -0.116. The van der Waals surface area contributed by atoms with Gasteiger partial charge in [-0.25, -0.2) is 0 Å². The summed E-state index contributed by atoms with van der Waals surface area (Å²) in [5.41, 5.74) is 0.489. The van der Waals surface area contributed by atoms with Crippen molar-refractivity contribution in [2.45, 2.75) is 0 Å². The lowest BCUT2D eigenvalue weighted by Gasteiger charge is -2.03. The zero-order valence-electron chi connectivity index (χ0n) is 12.0. The van der Waals surface area contributed by atoms with E-state index >= 15 is 0 Å². The minimum absolute atomic E-state index is 0.0713. The Bertz CT molecular complexity index is 796. The Morgan fingerprint density at radius 1 is 1.30 bits per heavy atom. The number of nitrogens with one attached hydrogen (secondary N) is 1. The van der Waals surface area contributed by atoms with Gasteiger partial charge in [0.05, 0.1) is 15.6 Å². The molecular formula is C17H12Cl2N2O2. The largest absolute Gasteiger partial charge is 0.457 e. The molecule has 1 N–H and O–H groups in total.